The summed E-state index contributed by atoms with van der Waals surface area (Å²) >= 11 is 0. The van der Waals surface area contributed by atoms with Crippen LogP contribution >= 0.6 is 0 Å². The van der Waals surface area contributed by atoms with Crippen LogP contribution in [0.3, 0.4) is 0 Å². The minimum Gasteiger partial charge on any atom is -0.359 e. The second-order valence-corrected chi connectivity index (χ2v) is 10.0. The Bertz CT molecular complexity index is 1490. The highest BCUT2D eigenvalue weighted by Gasteiger charge is 2.29. The summed E-state index contributed by atoms with van der Waals surface area (Å²) < 4.78 is 1.79. The van der Waals surface area contributed by atoms with Crippen LogP contribution in [-0.4, -0.2) is 55.2 Å². The standard InChI is InChI=1S/C28H33N9/c1-4-37-14-13-21(23(29)16-37)17(2)31-20-9-7-19(8-10-20)27-33-28(36(3)35-27)32-25-12-11-24-22(15-30-34-24)26(25)18-5-6-18/h7-12,15,18,29,31H,4-6,13-14,16H2,1-3H3,(H,30,34)(H,32,33,35)/b21-17-,29-23?. The molecule has 0 unspecified atom stereocenters. The summed E-state index contributed by atoms with van der Waals surface area (Å²) in [5, 5.41) is 28.6. The third-order valence-electron chi connectivity index (χ3n) is 7.46. The molecular weight excluding hydrogens is 462 g/mol. The number of aryl methyl sites for hydroxylation is 1. The maximum absolute atomic E-state index is 8.43. The summed E-state index contributed by atoms with van der Waals surface area (Å²) in [6.45, 7) is 6.93. The third-order valence-corrected chi connectivity index (χ3v) is 7.46. The Morgan fingerprint density at radius 2 is 1.97 bits per heavy atom. The Kier molecular flexibility index (Phi) is 6.00. The number of likely N-dealkylation sites (tertiary alicyclic amines) is 1. The molecule has 9 heteroatoms. The molecule has 2 aromatic heterocycles. The number of benzene rings is 2. The molecule has 0 spiro atoms. The summed E-state index contributed by atoms with van der Waals surface area (Å²) in [5.41, 5.74) is 8.28. The van der Waals surface area contributed by atoms with Gasteiger partial charge in [0.1, 0.15) is 0 Å². The van der Waals surface area contributed by atoms with Crippen molar-refractivity contribution in [1.82, 2.24) is 29.9 Å². The van der Waals surface area contributed by atoms with Crippen molar-refractivity contribution in [1.29, 1.82) is 5.41 Å². The average molecular weight is 496 g/mol. The van der Waals surface area contributed by atoms with Crippen LogP contribution in [0.1, 0.15) is 44.6 Å². The molecule has 9 nitrogen and oxygen atoms in total. The second kappa shape index (κ2) is 9.48. The quantitative estimate of drug-likeness (QED) is 0.273. The molecule has 190 valence electrons. The Balaban J connectivity index is 1.19. The fourth-order valence-corrected chi connectivity index (χ4v) is 5.19. The van der Waals surface area contributed by atoms with Gasteiger partial charge in [-0.15, -0.1) is 5.10 Å². The van der Waals surface area contributed by atoms with Crippen LogP contribution in [0.5, 0.6) is 0 Å². The maximum Gasteiger partial charge on any atom is 0.225 e. The first-order valence-electron chi connectivity index (χ1n) is 13.0. The molecule has 1 saturated carbocycles. The molecule has 4 N–H and O–H groups in total. The van der Waals surface area contributed by atoms with Gasteiger partial charge in [-0.3, -0.25) is 10.00 Å². The highest BCUT2D eigenvalue weighted by atomic mass is 15.4. The van der Waals surface area contributed by atoms with E-state index in [1.807, 2.05) is 37.5 Å². The van der Waals surface area contributed by atoms with E-state index in [0.717, 1.165) is 59.8 Å². The minimum absolute atomic E-state index is 0.567. The number of hydrogen-bond donors (Lipinski definition) is 4. The summed E-state index contributed by atoms with van der Waals surface area (Å²) in [6.07, 6.45) is 5.24. The highest BCUT2D eigenvalue weighted by Crippen LogP contribution is 2.47. The van der Waals surface area contributed by atoms with Gasteiger partial charge in [0, 0.05) is 48.2 Å². The van der Waals surface area contributed by atoms with Gasteiger partial charge in [-0.05, 0) is 86.2 Å². The van der Waals surface area contributed by atoms with Crippen molar-refractivity contribution in [2.75, 3.05) is 30.3 Å². The van der Waals surface area contributed by atoms with Gasteiger partial charge in [-0.1, -0.05) is 6.92 Å². The smallest absolute Gasteiger partial charge is 0.225 e. The molecule has 2 aliphatic rings. The normalized spacial score (nSPS) is 17.9. The number of nitrogens with zero attached hydrogens (tertiary/aromatic N) is 5. The Hall–Kier alpha value is -3.98. The number of aromatic nitrogens is 5. The van der Waals surface area contributed by atoms with E-state index < -0.39 is 0 Å². The molecule has 1 aliphatic heterocycles. The zero-order chi connectivity index (χ0) is 25.5. The number of fused-ring (bicyclic) bond motifs is 1. The lowest BCUT2D eigenvalue weighted by Crippen LogP contribution is -2.37. The van der Waals surface area contributed by atoms with E-state index in [1.165, 1.54) is 23.8 Å². The summed E-state index contributed by atoms with van der Waals surface area (Å²) in [4.78, 5) is 7.11. The number of H-pyrrole nitrogens is 1. The number of hydrogen-bond acceptors (Lipinski definition) is 7. The molecule has 3 heterocycles. The third kappa shape index (κ3) is 4.62. The van der Waals surface area contributed by atoms with E-state index in [4.69, 9.17) is 10.4 Å². The predicted molar refractivity (Wildman–Crippen MR) is 149 cm³/mol. The van der Waals surface area contributed by atoms with Gasteiger partial charge < -0.3 is 16.0 Å². The lowest BCUT2D eigenvalue weighted by Gasteiger charge is -2.29. The topological polar surface area (TPSA) is 111 Å². The molecule has 0 radical (unpaired) electrons. The average Bonchev–Trinajstić information content (AvgIpc) is 3.51. The van der Waals surface area contributed by atoms with Crippen LogP contribution in [0.15, 0.2) is 53.9 Å². The van der Waals surface area contributed by atoms with E-state index in [0.29, 0.717) is 23.4 Å². The van der Waals surface area contributed by atoms with Gasteiger partial charge in [0.15, 0.2) is 5.82 Å². The molecule has 4 aromatic rings. The number of allylic oxidation sites excluding steroid dienone is 1. The van der Waals surface area contributed by atoms with Gasteiger partial charge in [0.2, 0.25) is 5.95 Å². The van der Waals surface area contributed by atoms with Crippen molar-refractivity contribution in [3.63, 3.8) is 0 Å². The van der Waals surface area contributed by atoms with Crippen LogP contribution in [0.25, 0.3) is 22.3 Å². The second-order valence-electron chi connectivity index (χ2n) is 10.0. The van der Waals surface area contributed by atoms with E-state index >= 15 is 0 Å². The van der Waals surface area contributed by atoms with Crippen LogP contribution in [0.4, 0.5) is 17.3 Å². The van der Waals surface area contributed by atoms with Crippen molar-refractivity contribution < 1.29 is 0 Å². The monoisotopic (exact) mass is 495 g/mol. The van der Waals surface area contributed by atoms with Gasteiger partial charge >= 0.3 is 0 Å². The molecule has 2 aromatic carbocycles. The van der Waals surface area contributed by atoms with Crippen molar-refractivity contribution >= 4 is 33.9 Å². The Morgan fingerprint density at radius 3 is 2.70 bits per heavy atom. The highest BCUT2D eigenvalue weighted by molar-refractivity contribution is 6.01. The van der Waals surface area contributed by atoms with Crippen LogP contribution in [0, 0.1) is 5.41 Å². The number of aromatic amines is 1. The summed E-state index contributed by atoms with van der Waals surface area (Å²) in [6, 6.07) is 12.3. The number of anilines is 3. The molecule has 1 saturated heterocycles. The number of rotatable bonds is 7. The van der Waals surface area contributed by atoms with Gasteiger partial charge in [-0.2, -0.15) is 10.1 Å². The van der Waals surface area contributed by atoms with Crippen molar-refractivity contribution in [3.05, 3.63) is 59.4 Å². The summed E-state index contributed by atoms with van der Waals surface area (Å²) in [5.74, 6) is 1.95. The molecule has 0 atom stereocenters. The SMILES string of the molecule is CCN1CC/C(=C(\C)Nc2ccc(-c3nc(Nc4ccc5[nH]ncc5c4C4CC4)n(C)n3)cc2)C(=N)C1. The van der Waals surface area contributed by atoms with Crippen LogP contribution in [0.2, 0.25) is 0 Å². The lowest BCUT2D eigenvalue weighted by molar-refractivity contribution is 0.321. The van der Waals surface area contributed by atoms with E-state index in [9.17, 15) is 0 Å². The molecule has 0 bridgehead atoms. The van der Waals surface area contributed by atoms with E-state index in [-0.39, 0.29) is 0 Å². The van der Waals surface area contributed by atoms with Crippen LogP contribution < -0.4 is 10.6 Å². The Morgan fingerprint density at radius 1 is 1.16 bits per heavy atom. The summed E-state index contributed by atoms with van der Waals surface area (Å²) in [7, 11) is 1.91. The molecular formula is C28H33N9. The number of nitrogens with one attached hydrogen (secondary N) is 4. The number of piperidine rings is 1. The first-order chi connectivity index (χ1) is 18.0. The fourth-order valence-electron chi connectivity index (χ4n) is 5.19. The zero-order valence-electron chi connectivity index (χ0n) is 21.6. The first-order valence-corrected chi connectivity index (χ1v) is 13.0. The van der Waals surface area contributed by atoms with Crippen LogP contribution in [-0.2, 0) is 7.05 Å². The largest absolute Gasteiger partial charge is 0.359 e. The maximum atomic E-state index is 8.43. The first kappa shape index (κ1) is 23.4. The zero-order valence-corrected chi connectivity index (χ0v) is 21.6. The van der Waals surface area contributed by atoms with Crippen molar-refractivity contribution in [3.8, 4) is 11.4 Å². The minimum atomic E-state index is 0.567. The van der Waals surface area contributed by atoms with Crippen molar-refractivity contribution in [2.45, 2.75) is 39.0 Å². The molecule has 37 heavy (non-hydrogen) atoms. The molecule has 0 amide bonds. The Labute approximate surface area is 216 Å². The molecule has 1 aliphatic carbocycles. The lowest BCUT2D eigenvalue weighted by atomic mass is 9.99. The molecule has 6 rings (SSSR count). The van der Waals surface area contributed by atoms with E-state index in [1.54, 1.807) is 4.68 Å². The fraction of sp³-hybridized carbons (Fsp3) is 0.357. The van der Waals surface area contributed by atoms with E-state index in [2.05, 4.69) is 56.8 Å². The molecule has 2 fully saturated rings. The van der Waals surface area contributed by atoms with Gasteiger partial charge in [0.25, 0.3) is 0 Å². The predicted octanol–water partition coefficient (Wildman–Crippen LogP) is 5.41. The van der Waals surface area contributed by atoms with Gasteiger partial charge in [0.05, 0.1) is 17.4 Å². The van der Waals surface area contributed by atoms with Gasteiger partial charge in [-0.25, -0.2) is 4.68 Å². The van der Waals surface area contributed by atoms with Crippen molar-refractivity contribution in [2.24, 2.45) is 7.05 Å².